The van der Waals surface area contributed by atoms with Crippen molar-refractivity contribution in [1.82, 2.24) is 10.3 Å². The van der Waals surface area contributed by atoms with E-state index in [4.69, 9.17) is 0 Å². The Morgan fingerprint density at radius 2 is 1.87 bits per heavy atom. The quantitative estimate of drug-likeness (QED) is 0.773. The zero-order valence-electron chi connectivity index (χ0n) is 16.4. The molecule has 30 heavy (non-hydrogen) atoms. The number of rotatable bonds is 5. The summed E-state index contributed by atoms with van der Waals surface area (Å²) in [4.78, 5) is 20.6. The molecule has 5 nitrogen and oxygen atoms in total. The van der Waals surface area contributed by atoms with Crippen LogP contribution >= 0.6 is 0 Å². The number of ketones is 1. The summed E-state index contributed by atoms with van der Waals surface area (Å²) in [5.41, 5.74) is 1.79. The normalized spacial score (nSPS) is 20.9. The standard InChI is InChI=1S/C22H21F3N4O/c1-21-9-18(30)13-29-20(21)28-12-17(21)8-15-4-7-19(27-11-15)26-10-14-2-5-16(6-3-14)22(23,24)25/h2-7,11-12H,8-10,13H2,1H3,(H,26,27)(H,28,29). The Kier molecular flexibility index (Phi) is 5.09. The molecule has 0 radical (unpaired) electrons. The molecule has 2 aliphatic rings. The second-order valence-electron chi connectivity index (χ2n) is 7.80. The SMILES string of the molecule is CC12CC(=O)CN=C1NC=C2Cc1ccc(NCc2ccc(C(F)(F)F)cc2)nc1. The molecule has 2 aromatic rings. The van der Waals surface area contributed by atoms with Crippen LogP contribution < -0.4 is 10.6 Å². The van der Waals surface area contributed by atoms with Crippen LogP contribution in [0, 0.1) is 5.41 Å². The van der Waals surface area contributed by atoms with Gasteiger partial charge in [0.2, 0.25) is 0 Å². The molecule has 0 aliphatic carbocycles. The van der Waals surface area contributed by atoms with Crippen molar-refractivity contribution in [3.8, 4) is 0 Å². The van der Waals surface area contributed by atoms with Crippen molar-refractivity contribution in [3.05, 3.63) is 71.1 Å². The minimum Gasteiger partial charge on any atom is -0.366 e. The molecule has 0 spiro atoms. The van der Waals surface area contributed by atoms with E-state index in [0.29, 0.717) is 25.2 Å². The van der Waals surface area contributed by atoms with Gasteiger partial charge in [-0.2, -0.15) is 13.2 Å². The van der Waals surface area contributed by atoms with Gasteiger partial charge in [0.05, 0.1) is 17.5 Å². The molecule has 0 amide bonds. The number of aliphatic imine (C=N–C) groups is 1. The van der Waals surface area contributed by atoms with Crippen molar-refractivity contribution in [2.75, 3.05) is 11.9 Å². The highest BCUT2D eigenvalue weighted by atomic mass is 19.4. The van der Waals surface area contributed by atoms with Gasteiger partial charge >= 0.3 is 6.18 Å². The van der Waals surface area contributed by atoms with Crippen LogP contribution in [0.2, 0.25) is 0 Å². The molecule has 0 saturated carbocycles. The third-order valence-electron chi connectivity index (χ3n) is 5.55. The van der Waals surface area contributed by atoms with E-state index in [1.807, 2.05) is 25.3 Å². The second kappa shape index (κ2) is 7.59. The number of fused-ring (bicyclic) bond motifs is 1. The lowest BCUT2D eigenvalue weighted by atomic mass is 9.75. The lowest BCUT2D eigenvalue weighted by Gasteiger charge is -2.30. The average Bonchev–Trinajstić information content (AvgIpc) is 3.02. The highest BCUT2D eigenvalue weighted by Gasteiger charge is 2.42. The number of nitrogens with one attached hydrogen (secondary N) is 2. The molecule has 0 fully saturated rings. The molecule has 0 saturated heterocycles. The van der Waals surface area contributed by atoms with Crippen LogP contribution in [0.15, 0.2) is 59.4 Å². The summed E-state index contributed by atoms with van der Waals surface area (Å²) >= 11 is 0. The van der Waals surface area contributed by atoms with E-state index in [1.165, 1.54) is 12.1 Å². The Labute approximate surface area is 172 Å². The van der Waals surface area contributed by atoms with Gasteiger partial charge in [-0.1, -0.05) is 18.2 Å². The maximum atomic E-state index is 12.6. The predicted octanol–water partition coefficient (Wildman–Crippen LogP) is 4.12. The zero-order chi connectivity index (χ0) is 21.4. The average molecular weight is 414 g/mol. The Bertz CT molecular complexity index is 1010. The number of halogens is 3. The molecule has 156 valence electrons. The fraction of sp³-hybridized carbons (Fsp3) is 0.318. The lowest BCUT2D eigenvalue weighted by Crippen LogP contribution is -2.38. The van der Waals surface area contributed by atoms with E-state index in [1.54, 1.807) is 6.20 Å². The molecule has 1 atom stereocenters. The second-order valence-corrected chi connectivity index (χ2v) is 7.80. The minimum absolute atomic E-state index is 0.136. The number of benzene rings is 1. The number of carbonyl (C=O) groups excluding carboxylic acids is 1. The molecule has 8 heteroatoms. The number of carbonyl (C=O) groups is 1. The molecule has 1 aromatic carbocycles. The van der Waals surface area contributed by atoms with Crippen LogP contribution in [-0.4, -0.2) is 23.1 Å². The predicted molar refractivity (Wildman–Crippen MR) is 108 cm³/mol. The van der Waals surface area contributed by atoms with E-state index in [2.05, 4.69) is 20.6 Å². The van der Waals surface area contributed by atoms with Crippen LogP contribution in [-0.2, 0) is 23.9 Å². The van der Waals surface area contributed by atoms with Crippen molar-refractivity contribution < 1.29 is 18.0 Å². The zero-order valence-corrected chi connectivity index (χ0v) is 16.4. The van der Waals surface area contributed by atoms with Gasteiger partial charge < -0.3 is 10.6 Å². The number of hydrogen-bond acceptors (Lipinski definition) is 5. The number of pyridine rings is 1. The molecule has 2 N–H and O–H groups in total. The highest BCUT2D eigenvalue weighted by Crippen LogP contribution is 2.39. The largest absolute Gasteiger partial charge is 0.416 e. The van der Waals surface area contributed by atoms with E-state index in [-0.39, 0.29) is 17.7 Å². The van der Waals surface area contributed by atoms with Gasteiger partial charge in [0.25, 0.3) is 0 Å². The first kappa shape index (κ1) is 20.1. The van der Waals surface area contributed by atoms with Crippen LogP contribution in [0.4, 0.5) is 19.0 Å². The number of aromatic nitrogens is 1. The third-order valence-corrected chi connectivity index (χ3v) is 5.55. The van der Waals surface area contributed by atoms with Crippen LogP contribution in [0.5, 0.6) is 0 Å². The molecule has 0 bridgehead atoms. The molecular weight excluding hydrogens is 393 g/mol. The first-order chi connectivity index (χ1) is 14.2. The summed E-state index contributed by atoms with van der Waals surface area (Å²) in [6.45, 7) is 2.64. The lowest BCUT2D eigenvalue weighted by molar-refractivity contribution is -0.137. The fourth-order valence-corrected chi connectivity index (χ4v) is 3.76. The number of hydrogen-bond donors (Lipinski definition) is 2. The van der Waals surface area contributed by atoms with E-state index in [0.717, 1.165) is 34.7 Å². The van der Waals surface area contributed by atoms with Gasteiger partial charge in [-0.15, -0.1) is 0 Å². The van der Waals surface area contributed by atoms with Crippen LogP contribution in [0.3, 0.4) is 0 Å². The van der Waals surface area contributed by atoms with Gasteiger partial charge in [0.1, 0.15) is 11.7 Å². The van der Waals surface area contributed by atoms with Crippen molar-refractivity contribution in [2.45, 2.75) is 32.5 Å². The number of anilines is 1. The van der Waals surface area contributed by atoms with Crippen molar-refractivity contribution in [1.29, 1.82) is 0 Å². The monoisotopic (exact) mass is 414 g/mol. The number of Topliss-reactive ketones (excluding diaryl/α,β-unsaturated/α-hetero) is 1. The Balaban J connectivity index is 1.36. The summed E-state index contributed by atoms with van der Waals surface area (Å²) in [6.07, 6.45) is 0.461. The topological polar surface area (TPSA) is 66.4 Å². The molecule has 1 aromatic heterocycles. The van der Waals surface area contributed by atoms with E-state index >= 15 is 0 Å². The molecule has 1 unspecified atom stereocenters. The van der Waals surface area contributed by atoms with Gasteiger partial charge in [-0.05, 0) is 48.2 Å². The Morgan fingerprint density at radius 3 is 2.53 bits per heavy atom. The van der Waals surface area contributed by atoms with Crippen LogP contribution in [0.1, 0.15) is 30.0 Å². The van der Waals surface area contributed by atoms with Crippen LogP contribution in [0.25, 0.3) is 0 Å². The first-order valence-electron chi connectivity index (χ1n) is 9.62. The van der Waals surface area contributed by atoms with Gasteiger partial charge in [0.15, 0.2) is 5.78 Å². The van der Waals surface area contributed by atoms with E-state index < -0.39 is 11.7 Å². The summed E-state index contributed by atoms with van der Waals surface area (Å²) in [7, 11) is 0. The molecule has 2 aliphatic heterocycles. The minimum atomic E-state index is -4.33. The fourth-order valence-electron chi connectivity index (χ4n) is 3.76. The van der Waals surface area contributed by atoms with Gasteiger partial charge in [0, 0.05) is 25.4 Å². The number of nitrogens with zero attached hydrogens (tertiary/aromatic N) is 2. The Morgan fingerprint density at radius 1 is 1.13 bits per heavy atom. The summed E-state index contributed by atoms with van der Waals surface area (Å²) in [6, 6.07) is 8.85. The third kappa shape index (κ3) is 4.08. The highest BCUT2D eigenvalue weighted by molar-refractivity contribution is 6.02. The van der Waals surface area contributed by atoms with Gasteiger partial charge in [-0.3, -0.25) is 9.79 Å². The smallest absolute Gasteiger partial charge is 0.366 e. The molecular formula is C22H21F3N4O. The van der Waals surface area contributed by atoms with Gasteiger partial charge in [-0.25, -0.2) is 4.98 Å². The molecule has 3 heterocycles. The Hall–Kier alpha value is -3.16. The van der Waals surface area contributed by atoms with Crippen molar-refractivity contribution >= 4 is 17.4 Å². The number of amidine groups is 1. The van der Waals surface area contributed by atoms with Crippen molar-refractivity contribution in [2.24, 2.45) is 10.4 Å². The maximum Gasteiger partial charge on any atom is 0.416 e. The summed E-state index contributed by atoms with van der Waals surface area (Å²) < 4.78 is 37.9. The number of alkyl halides is 3. The molecule has 4 rings (SSSR count). The maximum absolute atomic E-state index is 12.6. The van der Waals surface area contributed by atoms with Crippen molar-refractivity contribution in [3.63, 3.8) is 0 Å². The first-order valence-corrected chi connectivity index (χ1v) is 9.62. The summed E-state index contributed by atoms with van der Waals surface area (Å²) in [5.74, 6) is 1.62. The summed E-state index contributed by atoms with van der Waals surface area (Å²) in [5, 5.41) is 6.30. The van der Waals surface area contributed by atoms with E-state index in [9.17, 15) is 18.0 Å².